The molecule has 0 radical (unpaired) electrons. The first kappa shape index (κ1) is 11.6. The standard InChI is InChI=1S/C14H11FN2O2/c15-5-6-19-14(18)12-7-10-9-3-1-2-4-11(9)17-13(10)8-16-12/h1-4,7-8,17H,5-6H2. The molecular formula is C14H11FN2O2. The highest BCUT2D eigenvalue weighted by atomic mass is 19.1. The SMILES string of the molecule is O=C(OCCF)c1cc2c(cn1)[nH]c1ccccc12. The zero-order valence-electron chi connectivity index (χ0n) is 10.0. The van der Waals surface area contributed by atoms with Crippen LogP contribution in [0.25, 0.3) is 21.8 Å². The summed E-state index contributed by atoms with van der Waals surface area (Å²) in [4.78, 5) is 18.9. The fourth-order valence-electron chi connectivity index (χ4n) is 2.07. The van der Waals surface area contributed by atoms with Crippen LogP contribution in [0.5, 0.6) is 0 Å². The third-order valence-electron chi connectivity index (χ3n) is 2.91. The third kappa shape index (κ3) is 2.03. The van der Waals surface area contributed by atoms with E-state index in [0.717, 1.165) is 21.8 Å². The lowest BCUT2D eigenvalue weighted by molar-refractivity contribution is 0.0474. The van der Waals surface area contributed by atoms with Gasteiger partial charge in [-0.25, -0.2) is 14.2 Å². The van der Waals surface area contributed by atoms with Crippen molar-refractivity contribution in [2.45, 2.75) is 0 Å². The number of hydrogen-bond donors (Lipinski definition) is 1. The lowest BCUT2D eigenvalue weighted by atomic mass is 10.1. The Hall–Kier alpha value is -2.43. The first-order valence-corrected chi connectivity index (χ1v) is 5.89. The number of pyridine rings is 1. The molecule has 0 saturated carbocycles. The number of H-pyrrole nitrogens is 1. The number of aromatic amines is 1. The minimum absolute atomic E-state index is 0.186. The predicted molar refractivity (Wildman–Crippen MR) is 69.9 cm³/mol. The van der Waals surface area contributed by atoms with Crippen LogP contribution in [0.4, 0.5) is 4.39 Å². The van der Waals surface area contributed by atoms with E-state index in [-0.39, 0.29) is 12.3 Å². The Kier molecular flexibility index (Phi) is 2.87. The van der Waals surface area contributed by atoms with Gasteiger partial charge in [-0.3, -0.25) is 0 Å². The van der Waals surface area contributed by atoms with Gasteiger partial charge in [0.05, 0.1) is 11.7 Å². The molecule has 96 valence electrons. The zero-order valence-corrected chi connectivity index (χ0v) is 10.0. The van der Waals surface area contributed by atoms with E-state index in [0.29, 0.717) is 0 Å². The molecule has 0 aliphatic heterocycles. The van der Waals surface area contributed by atoms with E-state index in [1.165, 1.54) is 0 Å². The van der Waals surface area contributed by atoms with Crippen molar-refractivity contribution in [1.29, 1.82) is 0 Å². The van der Waals surface area contributed by atoms with Gasteiger partial charge >= 0.3 is 5.97 Å². The Labute approximate surface area is 108 Å². The fraction of sp³-hybridized carbons (Fsp3) is 0.143. The molecule has 0 fully saturated rings. The van der Waals surface area contributed by atoms with Crippen molar-refractivity contribution in [3.63, 3.8) is 0 Å². The van der Waals surface area contributed by atoms with Gasteiger partial charge in [0.2, 0.25) is 0 Å². The molecule has 19 heavy (non-hydrogen) atoms. The smallest absolute Gasteiger partial charge is 0.357 e. The summed E-state index contributed by atoms with van der Waals surface area (Å²) in [5.74, 6) is -0.607. The molecule has 0 saturated heterocycles. The summed E-state index contributed by atoms with van der Waals surface area (Å²) in [6.07, 6.45) is 1.58. The van der Waals surface area contributed by atoms with E-state index < -0.39 is 12.6 Å². The molecule has 2 heterocycles. The summed E-state index contributed by atoms with van der Waals surface area (Å²) in [7, 11) is 0. The number of hydrogen-bond acceptors (Lipinski definition) is 3. The number of benzene rings is 1. The molecule has 0 amide bonds. The van der Waals surface area contributed by atoms with Crippen molar-refractivity contribution in [1.82, 2.24) is 9.97 Å². The number of carbonyl (C=O) groups is 1. The van der Waals surface area contributed by atoms with Gasteiger partial charge in [-0.15, -0.1) is 0 Å². The van der Waals surface area contributed by atoms with Crippen LogP contribution in [0, 0.1) is 0 Å². The monoisotopic (exact) mass is 258 g/mol. The quantitative estimate of drug-likeness (QED) is 0.735. The van der Waals surface area contributed by atoms with Crippen LogP contribution in [0.1, 0.15) is 10.5 Å². The van der Waals surface area contributed by atoms with Gasteiger partial charge in [0, 0.05) is 16.3 Å². The number of rotatable bonds is 3. The molecule has 4 nitrogen and oxygen atoms in total. The lowest BCUT2D eigenvalue weighted by Crippen LogP contribution is -2.09. The molecule has 3 aromatic rings. The number of nitrogens with one attached hydrogen (secondary N) is 1. The highest BCUT2D eigenvalue weighted by Gasteiger charge is 2.12. The predicted octanol–water partition coefficient (Wildman–Crippen LogP) is 2.84. The van der Waals surface area contributed by atoms with Gasteiger partial charge in [-0.1, -0.05) is 18.2 Å². The molecule has 0 aliphatic carbocycles. The van der Waals surface area contributed by atoms with Crippen LogP contribution in [-0.4, -0.2) is 29.2 Å². The van der Waals surface area contributed by atoms with E-state index >= 15 is 0 Å². The topological polar surface area (TPSA) is 55.0 Å². The maximum absolute atomic E-state index is 12.0. The number of carbonyl (C=O) groups excluding carboxylic acids is 1. The number of halogens is 1. The zero-order chi connectivity index (χ0) is 13.2. The summed E-state index contributed by atoms with van der Waals surface area (Å²) in [6.45, 7) is -0.937. The summed E-state index contributed by atoms with van der Waals surface area (Å²) < 4.78 is 16.7. The second-order valence-corrected chi connectivity index (χ2v) is 4.11. The molecule has 1 aromatic carbocycles. The number of aromatic nitrogens is 2. The molecule has 2 aromatic heterocycles. The molecule has 3 rings (SSSR count). The summed E-state index contributed by atoms with van der Waals surface area (Å²) >= 11 is 0. The van der Waals surface area contributed by atoms with Crippen LogP contribution in [0.2, 0.25) is 0 Å². The van der Waals surface area contributed by atoms with Crippen molar-refractivity contribution in [3.05, 3.63) is 42.2 Å². The number of ether oxygens (including phenoxy) is 1. The van der Waals surface area contributed by atoms with Crippen LogP contribution in [0.15, 0.2) is 36.5 Å². The maximum atomic E-state index is 12.0. The van der Waals surface area contributed by atoms with E-state index in [9.17, 15) is 9.18 Å². The highest BCUT2D eigenvalue weighted by molar-refractivity contribution is 6.08. The van der Waals surface area contributed by atoms with Crippen LogP contribution in [-0.2, 0) is 4.74 Å². The lowest BCUT2D eigenvalue weighted by Gasteiger charge is -2.01. The molecule has 5 heteroatoms. The van der Waals surface area contributed by atoms with E-state index in [2.05, 4.69) is 9.97 Å². The Morgan fingerprint density at radius 3 is 2.95 bits per heavy atom. The second kappa shape index (κ2) is 4.68. The molecule has 1 N–H and O–H groups in total. The first-order valence-electron chi connectivity index (χ1n) is 5.89. The fourth-order valence-corrected chi connectivity index (χ4v) is 2.07. The van der Waals surface area contributed by atoms with Crippen LogP contribution < -0.4 is 0 Å². The first-order chi connectivity index (χ1) is 9.29. The normalized spacial score (nSPS) is 11.0. The van der Waals surface area contributed by atoms with Gasteiger partial charge in [0.25, 0.3) is 0 Å². The van der Waals surface area contributed by atoms with Gasteiger partial charge < -0.3 is 9.72 Å². The van der Waals surface area contributed by atoms with Gasteiger partial charge in [0.15, 0.2) is 0 Å². The van der Waals surface area contributed by atoms with Crippen molar-refractivity contribution in [3.8, 4) is 0 Å². The van der Waals surface area contributed by atoms with E-state index in [1.807, 2.05) is 24.3 Å². The summed E-state index contributed by atoms with van der Waals surface area (Å²) in [5.41, 5.74) is 2.02. The molecule has 0 aliphatic rings. The summed E-state index contributed by atoms with van der Waals surface area (Å²) in [5, 5.41) is 1.91. The average molecular weight is 258 g/mol. The minimum atomic E-state index is -0.693. The highest BCUT2D eigenvalue weighted by Crippen LogP contribution is 2.25. The Morgan fingerprint density at radius 2 is 2.11 bits per heavy atom. The Balaban J connectivity index is 2.09. The van der Waals surface area contributed by atoms with E-state index in [4.69, 9.17) is 4.74 Å². The van der Waals surface area contributed by atoms with Crippen molar-refractivity contribution in [2.75, 3.05) is 13.3 Å². The molecule has 0 unspecified atom stereocenters. The number of esters is 1. The molecule has 0 bridgehead atoms. The maximum Gasteiger partial charge on any atom is 0.357 e. The Bertz CT molecular complexity index is 751. The average Bonchev–Trinajstić information content (AvgIpc) is 2.82. The number of alkyl halides is 1. The molecule has 0 atom stereocenters. The van der Waals surface area contributed by atoms with Gasteiger partial charge in [0.1, 0.15) is 19.0 Å². The van der Waals surface area contributed by atoms with Crippen LogP contribution in [0.3, 0.4) is 0 Å². The van der Waals surface area contributed by atoms with Crippen molar-refractivity contribution >= 4 is 27.8 Å². The van der Waals surface area contributed by atoms with Crippen LogP contribution >= 0.6 is 0 Å². The number of nitrogens with zero attached hydrogens (tertiary/aromatic N) is 1. The second-order valence-electron chi connectivity index (χ2n) is 4.11. The van der Waals surface area contributed by atoms with Crippen molar-refractivity contribution < 1.29 is 13.9 Å². The van der Waals surface area contributed by atoms with Gasteiger partial charge in [-0.05, 0) is 12.1 Å². The minimum Gasteiger partial charge on any atom is -0.458 e. The molecular weight excluding hydrogens is 247 g/mol. The van der Waals surface area contributed by atoms with Crippen molar-refractivity contribution in [2.24, 2.45) is 0 Å². The van der Waals surface area contributed by atoms with Gasteiger partial charge in [-0.2, -0.15) is 0 Å². The Morgan fingerprint density at radius 1 is 1.26 bits per heavy atom. The van der Waals surface area contributed by atoms with E-state index in [1.54, 1.807) is 12.3 Å². The largest absolute Gasteiger partial charge is 0.458 e. The number of fused-ring (bicyclic) bond motifs is 3. The number of para-hydroxylation sites is 1. The summed E-state index contributed by atoms with van der Waals surface area (Å²) in [6, 6.07) is 9.44. The molecule has 0 spiro atoms. The third-order valence-corrected chi connectivity index (χ3v) is 2.91.